The number of alkyl halides is 3. The molecule has 0 aliphatic rings. The van der Waals surface area contributed by atoms with Crippen molar-refractivity contribution in [3.05, 3.63) is 20.3 Å². The van der Waals surface area contributed by atoms with Gasteiger partial charge in [0, 0.05) is 14.2 Å². The lowest BCUT2D eigenvalue weighted by molar-refractivity contribution is -0.179. The first-order valence-electron chi connectivity index (χ1n) is 4.38. The van der Waals surface area contributed by atoms with Crippen LogP contribution in [0.3, 0.4) is 0 Å². The van der Waals surface area contributed by atoms with Crippen molar-refractivity contribution < 1.29 is 23.0 Å². The van der Waals surface area contributed by atoms with Crippen molar-refractivity contribution in [1.29, 1.82) is 0 Å². The summed E-state index contributed by atoms with van der Waals surface area (Å²) in [7, 11) is 0. The molecule has 0 radical (unpaired) electrons. The van der Waals surface area contributed by atoms with Crippen LogP contribution in [0.5, 0.6) is 0 Å². The molecule has 16 heavy (non-hydrogen) atoms. The van der Waals surface area contributed by atoms with E-state index in [4.69, 9.17) is 0 Å². The maximum Gasteiger partial charge on any atom is 0.411 e. The minimum atomic E-state index is -4.36. The molecule has 1 heterocycles. The summed E-state index contributed by atoms with van der Waals surface area (Å²) in [6.45, 7) is 0.145. The normalized spacial score (nSPS) is 14.1. The zero-order valence-electron chi connectivity index (χ0n) is 8.34. The second-order valence-electron chi connectivity index (χ2n) is 3.22. The number of ether oxygens (including phenoxy) is 1. The van der Waals surface area contributed by atoms with Gasteiger partial charge in [-0.1, -0.05) is 0 Å². The van der Waals surface area contributed by atoms with Gasteiger partial charge in [-0.3, -0.25) is 0 Å². The second kappa shape index (κ2) is 5.48. The van der Waals surface area contributed by atoms with E-state index in [-0.39, 0.29) is 6.61 Å². The van der Waals surface area contributed by atoms with Crippen molar-refractivity contribution >= 4 is 27.3 Å². The third-order valence-electron chi connectivity index (χ3n) is 1.68. The summed E-state index contributed by atoms with van der Waals surface area (Å²) in [4.78, 5) is 1.55. The molecule has 1 atom stereocenters. The molecule has 1 N–H and O–H groups in total. The molecule has 1 aromatic heterocycles. The van der Waals surface area contributed by atoms with Gasteiger partial charge < -0.3 is 9.84 Å². The van der Waals surface area contributed by atoms with Crippen LogP contribution in [-0.4, -0.2) is 24.5 Å². The van der Waals surface area contributed by atoms with E-state index in [1.807, 2.05) is 6.92 Å². The summed E-state index contributed by atoms with van der Waals surface area (Å²) in [5.41, 5.74) is 0. The van der Waals surface area contributed by atoms with Gasteiger partial charge in [0.1, 0.15) is 12.7 Å². The second-order valence-corrected chi connectivity index (χ2v) is 5.36. The minimum absolute atomic E-state index is 0.363. The van der Waals surface area contributed by atoms with E-state index in [1.54, 1.807) is 6.07 Å². The Kier molecular flexibility index (Phi) is 4.78. The fraction of sp³-hybridized carbons (Fsp3) is 0.556. The maximum absolute atomic E-state index is 11.8. The van der Waals surface area contributed by atoms with Crippen LogP contribution >= 0.6 is 27.3 Å². The summed E-state index contributed by atoms with van der Waals surface area (Å²) in [6.07, 6.45) is -5.39. The van der Waals surface area contributed by atoms with Crippen LogP contribution < -0.4 is 0 Å². The lowest BCUT2D eigenvalue weighted by Crippen LogP contribution is -2.19. The summed E-state index contributed by atoms with van der Waals surface area (Å²) in [5, 5.41) is 9.60. The monoisotopic (exact) mass is 318 g/mol. The smallest absolute Gasteiger partial charge is 0.385 e. The molecule has 0 saturated carbocycles. The highest BCUT2D eigenvalue weighted by molar-refractivity contribution is 9.10. The van der Waals surface area contributed by atoms with E-state index < -0.39 is 18.9 Å². The SMILES string of the molecule is Cc1cc(Br)c(C(O)COCC(F)(F)F)s1. The van der Waals surface area contributed by atoms with E-state index >= 15 is 0 Å². The van der Waals surface area contributed by atoms with Crippen LogP contribution in [0.1, 0.15) is 15.9 Å². The maximum atomic E-state index is 11.8. The molecule has 2 nitrogen and oxygen atoms in total. The van der Waals surface area contributed by atoms with Crippen LogP contribution in [0.15, 0.2) is 10.5 Å². The molecule has 1 unspecified atom stereocenters. The zero-order chi connectivity index (χ0) is 12.3. The largest absolute Gasteiger partial charge is 0.411 e. The van der Waals surface area contributed by atoms with Gasteiger partial charge in [-0.25, -0.2) is 0 Å². The molecule has 0 aliphatic heterocycles. The molecule has 1 rings (SSSR count). The van der Waals surface area contributed by atoms with E-state index in [0.29, 0.717) is 9.35 Å². The van der Waals surface area contributed by atoms with Gasteiger partial charge in [0.25, 0.3) is 0 Å². The average Bonchev–Trinajstić information content (AvgIpc) is 2.43. The lowest BCUT2D eigenvalue weighted by atomic mass is 10.3. The first-order valence-corrected chi connectivity index (χ1v) is 5.99. The fourth-order valence-corrected chi connectivity index (χ4v) is 2.98. The Morgan fingerprint density at radius 3 is 2.62 bits per heavy atom. The Hall–Kier alpha value is -0.110. The molecule has 0 amide bonds. The predicted molar refractivity (Wildman–Crippen MR) is 58.6 cm³/mol. The highest BCUT2D eigenvalue weighted by atomic mass is 79.9. The molecule has 0 aliphatic carbocycles. The molecule has 7 heteroatoms. The molecule has 92 valence electrons. The highest BCUT2D eigenvalue weighted by Crippen LogP contribution is 2.32. The quantitative estimate of drug-likeness (QED) is 0.921. The number of aryl methyl sites for hydroxylation is 1. The van der Waals surface area contributed by atoms with Crippen molar-refractivity contribution in [2.45, 2.75) is 19.2 Å². The molecular formula is C9H10BrF3O2S. The van der Waals surface area contributed by atoms with E-state index in [1.165, 1.54) is 11.3 Å². The van der Waals surface area contributed by atoms with Gasteiger partial charge in [-0.05, 0) is 28.9 Å². The van der Waals surface area contributed by atoms with Crippen LogP contribution in [-0.2, 0) is 4.74 Å². The van der Waals surface area contributed by atoms with Gasteiger partial charge in [0.05, 0.1) is 6.61 Å². The first-order chi connectivity index (χ1) is 7.29. The molecule has 0 bridgehead atoms. The van der Waals surface area contributed by atoms with Crippen LogP contribution in [0.2, 0.25) is 0 Å². The van der Waals surface area contributed by atoms with Crippen molar-refractivity contribution in [2.24, 2.45) is 0 Å². The predicted octanol–water partition coefficient (Wildman–Crippen LogP) is 3.43. The minimum Gasteiger partial charge on any atom is -0.385 e. The van der Waals surface area contributed by atoms with E-state index in [2.05, 4.69) is 20.7 Å². The number of hydrogen-bond donors (Lipinski definition) is 1. The van der Waals surface area contributed by atoms with Crippen LogP contribution in [0.25, 0.3) is 0 Å². The lowest BCUT2D eigenvalue weighted by Gasteiger charge is -2.11. The van der Waals surface area contributed by atoms with E-state index in [9.17, 15) is 18.3 Å². The van der Waals surface area contributed by atoms with Gasteiger partial charge in [-0.15, -0.1) is 11.3 Å². The van der Waals surface area contributed by atoms with Crippen molar-refractivity contribution in [2.75, 3.05) is 13.2 Å². The number of hydrogen-bond acceptors (Lipinski definition) is 3. The van der Waals surface area contributed by atoms with Crippen LogP contribution in [0, 0.1) is 6.92 Å². The summed E-state index contributed by atoms with van der Waals surface area (Å²) >= 11 is 4.54. The Labute approximate surface area is 103 Å². The molecule has 1 aromatic rings. The molecule has 0 aromatic carbocycles. The van der Waals surface area contributed by atoms with Gasteiger partial charge >= 0.3 is 6.18 Å². The molecular weight excluding hydrogens is 309 g/mol. The number of aliphatic hydroxyl groups excluding tert-OH is 1. The van der Waals surface area contributed by atoms with Gasteiger partial charge in [0.2, 0.25) is 0 Å². The Balaban J connectivity index is 2.47. The number of thiophene rings is 1. The highest BCUT2D eigenvalue weighted by Gasteiger charge is 2.28. The van der Waals surface area contributed by atoms with Crippen LogP contribution in [0.4, 0.5) is 13.2 Å². The summed E-state index contributed by atoms with van der Waals surface area (Å²) in [5.74, 6) is 0. The van der Waals surface area contributed by atoms with Gasteiger partial charge in [-0.2, -0.15) is 13.2 Å². The number of aliphatic hydroxyl groups is 1. The molecule has 0 spiro atoms. The Bertz CT molecular complexity index is 351. The standard InChI is InChI=1S/C9H10BrF3O2S/c1-5-2-6(10)8(16-5)7(14)3-15-4-9(11,12)13/h2,7,14H,3-4H2,1H3. The fourth-order valence-electron chi connectivity index (χ4n) is 1.09. The summed E-state index contributed by atoms with van der Waals surface area (Å²) < 4.78 is 40.4. The number of rotatable bonds is 4. The Morgan fingerprint density at radius 2 is 2.19 bits per heavy atom. The van der Waals surface area contributed by atoms with E-state index in [0.717, 1.165) is 4.88 Å². The zero-order valence-corrected chi connectivity index (χ0v) is 10.7. The van der Waals surface area contributed by atoms with Crippen molar-refractivity contribution in [1.82, 2.24) is 0 Å². The topological polar surface area (TPSA) is 29.5 Å². The average molecular weight is 319 g/mol. The van der Waals surface area contributed by atoms with Crippen molar-refractivity contribution in [3.8, 4) is 0 Å². The first kappa shape index (κ1) is 14.0. The third kappa shape index (κ3) is 4.40. The van der Waals surface area contributed by atoms with Crippen molar-refractivity contribution in [3.63, 3.8) is 0 Å². The third-order valence-corrected chi connectivity index (χ3v) is 3.75. The number of halogens is 4. The Morgan fingerprint density at radius 1 is 1.56 bits per heavy atom. The molecule has 0 saturated heterocycles. The molecule has 0 fully saturated rings. The summed E-state index contributed by atoms with van der Waals surface area (Å²) in [6, 6.07) is 1.80. The van der Waals surface area contributed by atoms with Gasteiger partial charge in [0.15, 0.2) is 0 Å².